The molecule has 1 aromatic heterocycles. The van der Waals surface area contributed by atoms with Crippen LogP contribution in [0.15, 0.2) is 59.5 Å². The van der Waals surface area contributed by atoms with Gasteiger partial charge in [-0.1, -0.05) is 35.9 Å². The molecule has 8 heteroatoms. The van der Waals surface area contributed by atoms with Crippen LogP contribution in [-0.4, -0.2) is 27.6 Å². The molecule has 2 aromatic carbocycles. The largest absolute Gasteiger partial charge is 0.367 e. The van der Waals surface area contributed by atoms with Gasteiger partial charge in [-0.05, 0) is 44.4 Å². The van der Waals surface area contributed by atoms with Crippen LogP contribution in [0.2, 0.25) is 5.02 Å². The molecule has 0 saturated carbocycles. The molecular formula is C27H22ClN3O4. The molecule has 3 aromatic rings. The SMILES string of the molecule is C[C@]12CC[C@](CCn3cc(Cl)ccc3=O)(O1)[C@@H]1C(=O)N(c3ccc(C#N)c4ccccc34)C(=O)[C@@H]12. The van der Waals surface area contributed by atoms with Crippen LogP contribution in [0.3, 0.4) is 0 Å². The van der Waals surface area contributed by atoms with Crippen LogP contribution in [0.25, 0.3) is 10.8 Å². The molecule has 0 radical (unpaired) electrons. The van der Waals surface area contributed by atoms with Crippen LogP contribution in [0, 0.1) is 23.2 Å². The average molecular weight is 488 g/mol. The Kier molecular flexibility index (Phi) is 4.73. The van der Waals surface area contributed by atoms with Gasteiger partial charge in [-0.3, -0.25) is 14.4 Å². The molecule has 6 rings (SSSR count). The smallest absolute Gasteiger partial charge is 0.250 e. The predicted molar refractivity (Wildman–Crippen MR) is 130 cm³/mol. The summed E-state index contributed by atoms with van der Waals surface area (Å²) >= 11 is 6.08. The van der Waals surface area contributed by atoms with Crippen LogP contribution in [0.4, 0.5) is 5.69 Å². The first-order valence-electron chi connectivity index (χ1n) is 11.6. The highest BCUT2D eigenvalue weighted by atomic mass is 35.5. The molecule has 0 N–H and O–H groups in total. The summed E-state index contributed by atoms with van der Waals surface area (Å²) < 4.78 is 8.02. The van der Waals surface area contributed by atoms with Crippen molar-refractivity contribution >= 4 is 39.9 Å². The van der Waals surface area contributed by atoms with E-state index in [4.69, 9.17) is 16.3 Å². The second-order valence-corrected chi connectivity index (χ2v) is 10.3. The molecule has 3 saturated heterocycles. The zero-order valence-electron chi connectivity index (χ0n) is 19.0. The van der Waals surface area contributed by atoms with Gasteiger partial charge in [0.2, 0.25) is 11.8 Å². The van der Waals surface area contributed by atoms with E-state index in [1.165, 1.54) is 15.5 Å². The van der Waals surface area contributed by atoms with Crippen molar-refractivity contribution in [3.63, 3.8) is 0 Å². The number of anilines is 1. The van der Waals surface area contributed by atoms with Gasteiger partial charge in [-0.2, -0.15) is 5.26 Å². The maximum absolute atomic E-state index is 13.9. The van der Waals surface area contributed by atoms with Gasteiger partial charge in [0.15, 0.2) is 0 Å². The molecule has 3 fully saturated rings. The number of amides is 2. The first kappa shape index (κ1) is 22.0. The molecule has 2 amide bonds. The Bertz CT molecular complexity index is 1520. The number of fused-ring (bicyclic) bond motifs is 6. The standard InChI is InChI=1S/C27H22ClN3O4/c1-26-10-11-27(35-26,12-13-30-15-17(28)7-9-21(30)32)23-22(26)24(33)31(25(23)34)20-8-6-16(14-29)18-4-2-3-5-19(18)20/h2-9,15,22-23H,10-13H2,1H3/t22-,23+,26-,27-/m1/s1. The highest BCUT2D eigenvalue weighted by Crippen LogP contribution is 2.62. The first-order valence-corrected chi connectivity index (χ1v) is 12.0. The molecule has 3 aliphatic heterocycles. The van der Waals surface area contributed by atoms with Crippen LogP contribution in [-0.2, 0) is 20.9 Å². The Morgan fingerprint density at radius 1 is 1.03 bits per heavy atom. The number of ether oxygens (including phenoxy) is 1. The molecule has 4 heterocycles. The normalized spacial score (nSPS) is 29.1. The number of imide groups is 1. The van der Waals surface area contributed by atoms with E-state index in [-0.39, 0.29) is 17.4 Å². The van der Waals surface area contributed by atoms with Crippen molar-refractivity contribution in [3.05, 3.63) is 75.7 Å². The number of aromatic nitrogens is 1. The maximum atomic E-state index is 13.9. The van der Waals surface area contributed by atoms with E-state index in [2.05, 4.69) is 6.07 Å². The molecule has 0 aliphatic carbocycles. The second-order valence-electron chi connectivity index (χ2n) is 9.87. The lowest BCUT2D eigenvalue weighted by molar-refractivity contribution is -0.130. The summed E-state index contributed by atoms with van der Waals surface area (Å²) in [5.74, 6) is -1.76. The Morgan fingerprint density at radius 3 is 2.54 bits per heavy atom. The van der Waals surface area contributed by atoms with Crippen molar-refractivity contribution in [3.8, 4) is 6.07 Å². The highest BCUT2D eigenvalue weighted by molar-refractivity contribution is 6.30. The van der Waals surface area contributed by atoms with Gasteiger partial charge in [0, 0.05) is 29.6 Å². The fourth-order valence-electron chi connectivity index (χ4n) is 6.41. The zero-order valence-corrected chi connectivity index (χ0v) is 19.8. The fourth-order valence-corrected chi connectivity index (χ4v) is 6.59. The lowest BCUT2D eigenvalue weighted by Crippen LogP contribution is -2.43. The van der Waals surface area contributed by atoms with E-state index in [0.29, 0.717) is 52.9 Å². The minimum absolute atomic E-state index is 0.180. The van der Waals surface area contributed by atoms with Gasteiger partial charge in [-0.25, -0.2) is 4.90 Å². The first-order chi connectivity index (χ1) is 16.8. The minimum Gasteiger partial charge on any atom is -0.367 e. The number of nitriles is 1. The Hall–Kier alpha value is -3.47. The Labute approximate surface area is 206 Å². The fraction of sp³-hybridized carbons (Fsp3) is 0.333. The number of hydrogen-bond acceptors (Lipinski definition) is 5. The number of pyridine rings is 1. The number of benzene rings is 2. The third-order valence-corrected chi connectivity index (χ3v) is 8.22. The van der Waals surface area contributed by atoms with Gasteiger partial charge in [-0.15, -0.1) is 0 Å². The van der Waals surface area contributed by atoms with Gasteiger partial charge in [0.1, 0.15) is 0 Å². The second kappa shape index (κ2) is 7.51. The van der Waals surface area contributed by atoms with E-state index in [1.54, 1.807) is 24.4 Å². The molecule has 0 spiro atoms. The summed E-state index contributed by atoms with van der Waals surface area (Å²) in [7, 11) is 0. The molecule has 4 atom stereocenters. The Morgan fingerprint density at radius 2 is 1.77 bits per heavy atom. The number of hydrogen-bond donors (Lipinski definition) is 0. The third-order valence-electron chi connectivity index (χ3n) is 8.00. The monoisotopic (exact) mass is 487 g/mol. The van der Waals surface area contributed by atoms with Crippen LogP contribution >= 0.6 is 11.6 Å². The number of rotatable bonds is 4. The van der Waals surface area contributed by atoms with Crippen molar-refractivity contribution in [1.29, 1.82) is 5.26 Å². The molecule has 3 aliphatic rings. The number of aryl methyl sites for hydroxylation is 1. The quantitative estimate of drug-likeness (QED) is 0.518. The molecule has 0 unspecified atom stereocenters. The highest BCUT2D eigenvalue weighted by Gasteiger charge is 2.73. The maximum Gasteiger partial charge on any atom is 0.250 e. The van der Waals surface area contributed by atoms with Gasteiger partial charge in [0.05, 0.1) is 45.4 Å². The molecular weight excluding hydrogens is 466 g/mol. The van der Waals surface area contributed by atoms with E-state index in [9.17, 15) is 19.6 Å². The van der Waals surface area contributed by atoms with Crippen molar-refractivity contribution in [2.24, 2.45) is 11.8 Å². The number of carbonyl (C=O) groups is 2. The average Bonchev–Trinajstić information content (AvgIpc) is 3.43. The van der Waals surface area contributed by atoms with Gasteiger partial charge < -0.3 is 9.30 Å². The number of carbonyl (C=O) groups excluding carboxylic acids is 2. The number of halogens is 1. The van der Waals surface area contributed by atoms with Gasteiger partial charge in [0.25, 0.3) is 5.56 Å². The molecule has 7 nitrogen and oxygen atoms in total. The Balaban J connectivity index is 1.40. The minimum atomic E-state index is -0.828. The predicted octanol–water partition coefficient (Wildman–Crippen LogP) is 4.04. The van der Waals surface area contributed by atoms with E-state index in [0.717, 1.165) is 0 Å². The summed E-state index contributed by atoms with van der Waals surface area (Å²) in [5.41, 5.74) is -0.768. The molecule has 35 heavy (non-hydrogen) atoms. The van der Waals surface area contributed by atoms with Crippen LogP contribution < -0.4 is 10.5 Å². The van der Waals surface area contributed by atoms with Crippen molar-refractivity contribution < 1.29 is 14.3 Å². The van der Waals surface area contributed by atoms with E-state index >= 15 is 0 Å². The topological polar surface area (TPSA) is 92.4 Å². The summed E-state index contributed by atoms with van der Waals surface area (Å²) in [5, 5.41) is 11.4. The summed E-state index contributed by atoms with van der Waals surface area (Å²) in [4.78, 5) is 41.3. The number of nitrogens with zero attached hydrogens (tertiary/aromatic N) is 3. The van der Waals surface area contributed by atoms with Crippen molar-refractivity contribution in [2.75, 3.05) is 4.90 Å². The third kappa shape index (κ3) is 3.03. The van der Waals surface area contributed by atoms with Gasteiger partial charge >= 0.3 is 0 Å². The van der Waals surface area contributed by atoms with Crippen molar-refractivity contribution in [2.45, 2.75) is 43.9 Å². The summed E-state index contributed by atoms with van der Waals surface area (Å²) in [6.45, 7) is 2.25. The zero-order chi connectivity index (χ0) is 24.5. The van der Waals surface area contributed by atoms with Crippen LogP contribution in [0.5, 0.6) is 0 Å². The molecule has 2 bridgehead atoms. The van der Waals surface area contributed by atoms with Crippen molar-refractivity contribution in [1.82, 2.24) is 4.57 Å². The van der Waals surface area contributed by atoms with E-state index < -0.39 is 23.0 Å². The molecule has 176 valence electrons. The lowest BCUT2D eigenvalue weighted by atomic mass is 9.67. The van der Waals surface area contributed by atoms with E-state index in [1.807, 2.05) is 31.2 Å². The van der Waals surface area contributed by atoms with Crippen LogP contribution in [0.1, 0.15) is 31.7 Å². The lowest BCUT2D eigenvalue weighted by Gasteiger charge is -2.31. The summed E-state index contributed by atoms with van der Waals surface area (Å²) in [6.07, 6.45) is 3.31. The summed E-state index contributed by atoms with van der Waals surface area (Å²) in [6, 6.07) is 15.8.